The van der Waals surface area contributed by atoms with Gasteiger partial charge in [0.05, 0.1) is 7.05 Å². The topological polar surface area (TPSA) is 62.6 Å². The van der Waals surface area contributed by atoms with Crippen LogP contribution in [0.4, 0.5) is 15.8 Å². The number of rotatable bonds is 6. The lowest BCUT2D eigenvalue weighted by Crippen LogP contribution is -3.14. The largest absolute Gasteiger partial charge is 0.321 e. The zero-order chi connectivity index (χ0) is 19.3. The highest BCUT2D eigenvalue weighted by Gasteiger charge is 2.24. The van der Waals surface area contributed by atoms with Gasteiger partial charge in [0, 0.05) is 21.4 Å². The van der Waals surface area contributed by atoms with Crippen molar-refractivity contribution in [3.8, 4) is 0 Å². The van der Waals surface area contributed by atoms with Gasteiger partial charge in [0.25, 0.3) is 11.8 Å². The van der Waals surface area contributed by atoms with E-state index in [0.29, 0.717) is 26.3 Å². The Morgan fingerprint density at radius 2 is 1.73 bits per heavy atom. The van der Waals surface area contributed by atoms with Gasteiger partial charge in [-0.3, -0.25) is 9.59 Å². The van der Waals surface area contributed by atoms with E-state index in [1.54, 1.807) is 38.2 Å². The van der Waals surface area contributed by atoms with Gasteiger partial charge in [-0.25, -0.2) is 4.39 Å². The lowest BCUT2D eigenvalue weighted by Gasteiger charge is -2.20. The van der Waals surface area contributed by atoms with Crippen molar-refractivity contribution in [3.05, 3.63) is 58.3 Å². The van der Waals surface area contributed by atoms with Gasteiger partial charge in [-0.05, 0) is 43.3 Å². The maximum absolute atomic E-state index is 13.1. The number of benzene rings is 2. The predicted octanol–water partition coefficient (Wildman–Crippen LogP) is 2.61. The molecule has 0 aliphatic carbocycles. The van der Waals surface area contributed by atoms with Crippen LogP contribution in [0.25, 0.3) is 0 Å². The Balaban J connectivity index is 1.92. The highest BCUT2D eigenvalue weighted by molar-refractivity contribution is 6.35. The number of halogens is 3. The Hall–Kier alpha value is -2.15. The first-order valence-corrected chi connectivity index (χ1v) is 8.65. The second kappa shape index (κ2) is 8.98. The summed E-state index contributed by atoms with van der Waals surface area (Å²) in [4.78, 5) is 25.1. The molecular formula is C18H19Cl2FN3O2+. The van der Waals surface area contributed by atoms with Gasteiger partial charge in [-0.1, -0.05) is 29.3 Å². The minimum Gasteiger partial charge on any atom is -0.321 e. The molecule has 8 heteroatoms. The van der Waals surface area contributed by atoms with Crippen molar-refractivity contribution < 1.29 is 18.9 Å². The quantitative estimate of drug-likeness (QED) is 0.700. The highest BCUT2D eigenvalue weighted by atomic mass is 35.5. The predicted molar refractivity (Wildman–Crippen MR) is 101 cm³/mol. The zero-order valence-electron chi connectivity index (χ0n) is 14.3. The molecule has 0 aliphatic heterocycles. The van der Waals surface area contributed by atoms with E-state index >= 15 is 0 Å². The smallest absolute Gasteiger partial charge is 0.282 e. The fourth-order valence-corrected chi connectivity index (χ4v) is 2.80. The van der Waals surface area contributed by atoms with E-state index in [9.17, 15) is 14.0 Å². The lowest BCUT2D eigenvalue weighted by atomic mass is 10.2. The van der Waals surface area contributed by atoms with Gasteiger partial charge < -0.3 is 15.5 Å². The van der Waals surface area contributed by atoms with Crippen LogP contribution in [0.1, 0.15) is 6.92 Å². The van der Waals surface area contributed by atoms with Crippen LogP contribution in [-0.2, 0) is 9.59 Å². The average Bonchev–Trinajstić information content (AvgIpc) is 2.52. The number of anilines is 2. The molecule has 2 aromatic rings. The van der Waals surface area contributed by atoms with Crippen molar-refractivity contribution in [1.82, 2.24) is 0 Å². The third kappa shape index (κ3) is 5.98. The third-order valence-electron chi connectivity index (χ3n) is 3.81. The molecule has 2 aromatic carbocycles. The summed E-state index contributed by atoms with van der Waals surface area (Å²) in [6.07, 6.45) is 0. The van der Waals surface area contributed by atoms with Crippen LogP contribution >= 0.6 is 23.2 Å². The molecule has 0 saturated carbocycles. The lowest BCUT2D eigenvalue weighted by molar-refractivity contribution is -0.885. The van der Waals surface area contributed by atoms with E-state index in [1.165, 1.54) is 18.2 Å². The van der Waals surface area contributed by atoms with Crippen LogP contribution < -0.4 is 15.5 Å². The Kier molecular flexibility index (Phi) is 6.97. The summed E-state index contributed by atoms with van der Waals surface area (Å²) in [5, 5.41) is 6.16. The van der Waals surface area contributed by atoms with Crippen LogP contribution in [0, 0.1) is 5.82 Å². The molecule has 0 aliphatic rings. The molecule has 5 nitrogen and oxygen atoms in total. The van der Waals surface area contributed by atoms with Crippen LogP contribution in [0.2, 0.25) is 10.0 Å². The van der Waals surface area contributed by atoms with E-state index in [-0.39, 0.29) is 18.4 Å². The normalized spacial score (nSPS) is 13.0. The summed E-state index contributed by atoms with van der Waals surface area (Å²) >= 11 is 11.8. The number of quaternary nitrogens is 1. The number of hydrogen-bond donors (Lipinski definition) is 3. The summed E-state index contributed by atoms with van der Waals surface area (Å²) in [5.41, 5.74) is 0.852. The van der Waals surface area contributed by atoms with E-state index in [1.807, 2.05) is 0 Å². The van der Waals surface area contributed by atoms with Crippen LogP contribution in [0.5, 0.6) is 0 Å². The van der Waals surface area contributed by atoms with Crippen molar-refractivity contribution in [2.45, 2.75) is 13.0 Å². The standard InChI is InChI=1S/C18H18Cl2FN3O2/c1-11(18(26)23-16-7-12(19)6-13(20)8-16)24(2)10-17(25)22-15-5-3-4-14(21)9-15/h3-9,11H,10H2,1-2H3,(H,22,25)(H,23,26)/p+1/t11-/m1/s1. The molecule has 26 heavy (non-hydrogen) atoms. The summed E-state index contributed by atoms with van der Waals surface area (Å²) in [7, 11) is 1.72. The molecule has 2 amide bonds. The number of carbonyl (C=O) groups is 2. The minimum atomic E-state index is -0.508. The van der Waals surface area contributed by atoms with E-state index < -0.39 is 11.9 Å². The Labute approximate surface area is 161 Å². The average molecular weight is 399 g/mol. The summed E-state index contributed by atoms with van der Waals surface area (Å²) in [6.45, 7) is 1.74. The number of carbonyl (C=O) groups excluding carboxylic acids is 2. The molecule has 0 saturated heterocycles. The fourth-order valence-electron chi connectivity index (χ4n) is 2.28. The molecule has 2 atom stereocenters. The number of hydrogen-bond acceptors (Lipinski definition) is 2. The zero-order valence-corrected chi connectivity index (χ0v) is 15.8. The van der Waals surface area contributed by atoms with Gasteiger partial charge in [0.15, 0.2) is 12.6 Å². The molecule has 0 spiro atoms. The van der Waals surface area contributed by atoms with Gasteiger partial charge in [-0.2, -0.15) is 0 Å². The number of amides is 2. The fraction of sp³-hybridized carbons (Fsp3) is 0.222. The molecule has 0 radical (unpaired) electrons. The number of likely N-dealkylation sites (N-methyl/N-ethyl adjacent to an activating group) is 1. The molecule has 0 fully saturated rings. The first-order chi connectivity index (χ1) is 12.2. The monoisotopic (exact) mass is 398 g/mol. The Morgan fingerprint density at radius 3 is 2.35 bits per heavy atom. The summed E-state index contributed by atoms with van der Waals surface area (Å²) < 4.78 is 13.1. The second-order valence-electron chi connectivity index (χ2n) is 5.95. The SMILES string of the molecule is C[C@H](C(=O)Nc1cc(Cl)cc(Cl)c1)[NH+](C)CC(=O)Nc1cccc(F)c1. The van der Waals surface area contributed by atoms with Crippen molar-refractivity contribution >= 4 is 46.4 Å². The van der Waals surface area contributed by atoms with Crippen LogP contribution in [0.15, 0.2) is 42.5 Å². The molecule has 3 N–H and O–H groups in total. The van der Waals surface area contributed by atoms with Gasteiger partial charge >= 0.3 is 0 Å². The molecular weight excluding hydrogens is 380 g/mol. The molecule has 0 aromatic heterocycles. The van der Waals surface area contributed by atoms with Crippen LogP contribution in [0.3, 0.4) is 0 Å². The first kappa shape index (κ1) is 20.2. The maximum atomic E-state index is 13.1. The second-order valence-corrected chi connectivity index (χ2v) is 6.82. The number of nitrogens with one attached hydrogen (secondary N) is 3. The van der Waals surface area contributed by atoms with Crippen molar-refractivity contribution in [2.24, 2.45) is 0 Å². The Bertz CT molecular complexity index is 797. The molecule has 1 unspecified atom stereocenters. The molecule has 0 bridgehead atoms. The van der Waals surface area contributed by atoms with Gasteiger partial charge in [0.1, 0.15) is 5.82 Å². The van der Waals surface area contributed by atoms with Crippen molar-refractivity contribution in [2.75, 3.05) is 24.2 Å². The minimum absolute atomic E-state index is 0.0431. The maximum Gasteiger partial charge on any atom is 0.282 e. The third-order valence-corrected chi connectivity index (χ3v) is 4.25. The highest BCUT2D eigenvalue weighted by Crippen LogP contribution is 2.22. The van der Waals surface area contributed by atoms with E-state index in [4.69, 9.17) is 23.2 Å². The van der Waals surface area contributed by atoms with Gasteiger partial charge in [-0.15, -0.1) is 0 Å². The molecule has 2 rings (SSSR count). The summed E-state index contributed by atoms with van der Waals surface area (Å²) in [5.74, 6) is -1.03. The van der Waals surface area contributed by atoms with E-state index in [2.05, 4.69) is 10.6 Å². The Morgan fingerprint density at radius 1 is 1.08 bits per heavy atom. The van der Waals surface area contributed by atoms with Crippen LogP contribution in [-0.4, -0.2) is 31.4 Å². The van der Waals surface area contributed by atoms with Crippen molar-refractivity contribution in [1.29, 1.82) is 0 Å². The van der Waals surface area contributed by atoms with E-state index in [0.717, 1.165) is 0 Å². The first-order valence-electron chi connectivity index (χ1n) is 7.89. The van der Waals surface area contributed by atoms with Crippen molar-refractivity contribution in [3.63, 3.8) is 0 Å². The summed E-state index contributed by atoms with van der Waals surface area (Å²) in [6, 6.07) is 9.85. The molecule has 138 valence electrons. The molecule has 0 heterocycles. The van der Waals surface area contributed by atoms with Gasteiger partial charge in [0.2, 0.25) is 0 Å².